The summed E-state index contributed by atoms with van der Waals surface area (Å²) in [5, 5.41) is 0. The number of alkyl halides is 1. The number of hydrogen-bond donors (Lipinski definition) is 2. The second-order valence-electron chi connectivity index (χ2n) is 6.33. The van der Waals surface area contributed by atoms with Gasteiger partial charge in [0.2, 0.25) is 0 Å². The van der Waals surface area contributed by atoms with Gasteiger partial charge in [-0.2, -0.15) is 0 Å². The van der Waals surface area contributed by atoms with Gasteiger partial charge in [-0.1, -0.05) is 0 Å². The molecule has 4 nitrogen and oxygen atoms in total. The predicted octanol–water partition coefficient (Wildman–Crippen LogP) is 5.13. The van der Waals surface area contributed by atoms with Crippen molar-refractivity contribution < 1.29 is 4.39 Å². The zero-order chi connectivity index (χ0) is 17.5. The molecule has 0 saturated carbocycles. The van der Waals surface area contributed by atoms with Crippen LogP contribution in [0.15, 0.2) is 42.5 Å². The average Bonchev–Trinajstić information content (AvgIpc) is 3.39. The van der Waals surface area contributed by atoms with Gasteiger partial charge in [0.15, 0.2) is 0 Å². The summed E-state index contributed by atoms with van der Waals surface area (Å²) in [5.41, 5.74) is 7.46. The molecule has 0 aliphatic carbocycles. The average molecular weight is 342 g/mol. The minimum Gasteiger partial charge on any atom is -0.355 e. The molecular formula is C21H15FN4. The molecule has 3 aromatic rings. The molecule has 8 bridgehead atoms. The molecule has 0 atom stereocenters. The number of hydrogen-bond acceptors (Lipinski definition) is 2. The molecule has 3 aromatic heterocycles. The molecule has 5 heteroatoms. The van der Waals surface area contributed by atoms with Gasteiger partial charge in [-0.25, -0.2) is 14.4 Å². The van der Waals surface area contributed by atoms with Gasteiger partial charge in [0.25, 0.3) is 0 Å². The maximum Gasteiger partial charge on any atom is 0.117 e. The second-order valence-corrected chi connectivity index (χ2v) is 6.33. The molecule has 0 spiro atoms. The summed E-state index contributed by atoms with van der Waals surface area (Å²) in [4.78, 5) is 15.8. The van der Waals surface area contributed by atoms with E-state index >= 15 is 0 Å². The fourth-order valence-corrected chi connectivity index (χ4v) is 3.19. The lowest BCUT2D eigenvalue weighted by Gasteiger charge is -1.88. The van der Waals surface area contributed by atoms with Crippen LogP contribution in [0.1, 0.15) is 28.3 Å². The van der Waals surface area contributed by atoms with E-state index < -0.39 is 6.67 Å². The summed E-state index contributed by atoms with van der Waals surface area (Å²) in [7, 11) is 0. The maximum atomic E-state index is 13.4. The van der Waals surface area contributed by atoms with Crippen LogP contribution in [0.3, 0.4) is 0 Å². The van der Waals surface area contributed by atoms with Crippen molar-refractivity contribution in [2.45, 2.75) is 6.67 Å². The van der Waals surface area contributed by atoms with E-state index in [-0.39, 0.29) is 0 Å². The number of aromatic nitrogens is 4. The first-order chi connectivity index (χ1) is 12.7. The molecule has 0 amide bonds. The van der Waals surface area contributed by atoms with Gasteiger partial charge in [0.05, 0.1) is 22.8 Å². The molecule has 2 N–H and O–H groups in total. The topological polar surface area (TPSA) is 57.4 Å². The third-order valence-electron chi connectivity index (χ3n) is 4.40. The Bertz CT molecular complexity index is 1230. The SMILES string of the molecule is FCc1cc2cc3ccc(cc4nc(cc5nc(cc1[nH]2)C=C5)C=C4)[nH]3. The molecule has 2 aliphatic heterocycles. The summed E-state index contributed by atoms with van der Waals surface area (Å²) < 4.78 is 13.4. The number of aromatic amines is 2. The van der Waals surface area contributed by atoms with E-state index in [1.165, 1.54) is 0 Å². The van der Waals surface area contributed by atoms with Crippen molar-refractivity contribution in [1.82, 2.24) is 19.9 Å². The first-order valence-corrected chi connectivity index (χ1v) is 8.38. The highest BCUT2D eigenvalue weighted by Gasteiger charge is 2.04. The number of nitrogens with zero attached hydrogens (tertiary/aromatic N) is 2. The molecule has 0 saturated heterocycles. The molecule has 0 radical (unpaired) electrons. The third kappa shape index (κ3) is 2.73. The van der Waals surface area contributed by atoms with E-state index in [2.05, 4.69) is 19.9 Å². The van der Waals surface area contributed by atoms with Crippen LogP contribution < -0.4 is 0 Å². The van der Waals surface area contributed by atoms with Gasteiger partial charge in [-0.3, -0.25) is 0 Å². The number of fused-ring (bicyclic) bond motifs is 8. The Kier molecular flexibility index (Phi) is 3.31. The van der Waals surface area contributed by atoms with Crippen molar-refractivity contribution in [3.8, 4) is 0 Å². The lowest BCUT2D eigenvalue weighted by Crippen LogP contribution is -1.78. The fourth-order valence-electron chi connectivity index (χ4n) is 3.19. The zero-order valence-corrected chi connectivity index (χ0v) is 13.8. The minimum absolute atomic E-state index is 0.528. The van der Waals surface area contributed by atoms with E-state index in [1.807, 2.05) is 66.8 Å². The van der Waals surface area contributed by atoms with Crippen LogP contribution in [0.2, 0.25) is 0 Å². The quantitative estimate of drug-likeness (QED) is 0.444. The lowest BCUT2D eigenvalue weighted by molar-refractivity contribution is 0.488. The highest BCUT2D eigenvalue weighted by atomic mass is 19.1. The lowest BCUT2D eigenvalue weighted by atomic mass is 10.2. The van der Waals surface area contributed by atoms with Crippen molar-refractivity contribution in [1.29, 1.82) is 0 Å². The summed E-state index contributed by atoms with van der Waals surface area (Å²) >= 11 is 0. The van der Waals surface area contributed by atoms with Crippen molar-refractivity contribution in [2.24, 2.45) is 0 Å². The Hall–Kier alpha value is -3.47. The number of rotatable bonds is 1. The Balaban J connectivity index is 1.86. The van der Waals surface area contributed by atoms with E-state index in [1.54, 1.807) is 0 Å². The molecule has 126 valence electrons. The van der Waals surface area contributed by atoms with Gasteiger partial charge < -0.3 is 9.97 Å². The van der Waals surface area contributed by atoms with E-state index in [0.29, 0.717) is 5.56 Å². The van der Waals surface area contributed by atoms with E-state index in [0.717, 1.165) is 44.8 Å². The van der Waals surface area contributed by atoms with Crippen LogP contribution >= 0.6 is 0 Å². The zero-order valence-electron chi connectivity index (χ0n) is 13.8. The number of nitrogens with one attached hydrogen (secondary N) is 2. The van der Waals surface area contributed by atoms with Crippen LogP contribution in [-0.4, -0.2) is 19.9 Å². The normalized spacial score (nSPS) is 12.7. The summed E-state index contributed by atoms with van der Waals surface area (Å²) in [6.45, 7) is -0.528. The first-order valence-electron chi connectivity index (χ1n) is 8.38. The largest absolute Gasteiger partial charge is 0.355 e. The van der Waals surface area contributed by atoms with Gasteiger partial charge in [-0.05, 0) is 66.8 Å². The van der Waals surface area contributed by atoms with Crippen LogP contribution in [0.5, 0.6) is 0 Å². The molecular weight excluding hydrogens is 327 g/mol. The van der Waals surface area contributed by atoms with Gasteiger partial charge >= 0.3 is 0 Å². The first kappa shape index (κ1) is 14.8. The van der Waals surface area contributed by atoms with Crippen LogP contribution in [0.4, 0.5) is 4.39 Å². The van der Waals surface area contributed by atoms with Crippen molar-refractivity contribution >= 4 is 46.4 Å². The van der Waals surface area contributed by atoms with Gasteiger partial charge in [0.1, 0.15) is 6.67 Å². The molecule has 0 fully saturated rings. The molecule has 0 unspecified atom stereocenters. The molecule has 5 rings (SSSR count). The number of halogens is 1. The van der Waals surface area contributed by atoms with Crippen molar-refractivity contribution in [3.63, 3.8) is 0 Å². The minimum atomic E-state index is -0.528. The standard InChI is InChI=1S/C21H15FN4/c22-12-13-7-20-10-18-4-3-16(24-18)8-14-1-2-15(23-14)9-17-5-6-19(25-17)11-21(13)26-20/h1-11,24,26H,12H2. The van der Waals surface area contributed by atoms with Gasteiger partial charge in [-0.15, -0.1) is 0 Å². The van der Waals surface area contributed by atoms with Crippen LogP contribution in [-0.2, 0) is 6.67 Å². The Morgan fingerprint density at radius 2 is 1.27 bits per heavy atom. The molecule has 26 heavy (non-hydrogen) atoms. The van der Waals surface area contributed by atoms with E-state index in [4.69, 9.17) is 0 Å². The predicted molar refractivity (Wildman–Crippen MR) is 104 cm³/mol. The highest BCUT2D eigenvalue weighted by molar-refractivity contribution is 5.78. The van der Waals surface area contributed by atoms with Crippen molar-refractivity contribution in [3.05, 3.63) is 70.8 Å². The third-order valence-corrected chi connectivity index (χ3v) is 4.40. The molecule has 5 heterocycles. The summed E-state index contributed by atoms with van der Waals surface area (Å²) in [6.07, 6.45) is 7.80. The maximum absolute atomic E-state index is 13.4. The smallest absolute Gasteiger partial charge is 0.117 e. The molecule has 0 aromatic carbocycles. The van der Waals surface area contributed by atoms with Crippen LogP contribution in [0.25, 0.3) is 46.4 Å². The Labute approximate surface area is 148 Å². The van der Waals surface area contributed by atoms with E-state index in [9.17, 15) is 4.39 Å². The monoisotopic (exact) mass is 342 g/mol. The Morgan fingerprint density at radius 3 is 1.96 bits per heavy atom. The summed E-state index contributed by atoms with van der Waals surface area (Å²) in [6, 6.07) is 13.6. The molecule has 2 aliphatic rings. The number of H-pyrrole nitrogens is 2. The second kappa shape index (κ2) is 5.81. The Morgan fingerprint density at radius 1 is 0.654 bits per heavy atom. The van der Waals surface area contributed by atoms with Crippen LogP contribution in [0, 0.1) is 0 Å². The van der Waals surface area contributed by atoms with Crippen molar-refractivity contribution in [2.75, 3.05) is 0 Å². The fraction of sp³-hybridized carbons (Fsp3) is 0.0476. The highest BCUT2D eigenvalue weighted by Crippen LogP contribution is 2.19. The summed E-state index contributed by atoms with van der Waals surface area (Å²) in [5.74, 6) is 0. The van der Waals surface area contributed by atoms with Gasteiger partial charge in [0, 0.05) is 27.6 Å².